The molecule has 4 nitrogen and oxygen atoms in total. The van der Waals surface area contributed by atoms with Crippen LogP contribution in [0.2, 0.25) is 0 Å². The predicted octanol–water partition coefficient (Wildman–Crippen LogP) is 7.07. The van der Waals surface area contributed by atoms with Gasteiger partial charge in [0.1, 0.15) is 6.61 Å². The van der Waals surface area contributed by atoms with Crippen molar-refractivity contribution in [2.24, 2.45) is 5.41 Å². The Morgan fingerprint density at radius 2 is 1.30 bits per heavy atom. The van der Waals surface area contributed by atoms with Crippen LogP contribution in [-0.2, 0) is 14.3 Å². The summed E-state index contributed by atoms with van der Waals surface area (Å²) in [4.78, 5) is 25.5. The fraction of sp³-hybridized carbons (Fsp3) is 0.846. The van der Waals surface area contributed by atoms with Crippen molar-refractivity contribution in [3.05, 3.63) is 12.2 Å². The third-order valence-electron chi connectivity index (χ3n) is 5.35. The summed E-state index contributed by atoms with van der Waals surface area (Å²) in [5.41, 5.74) is -0.494. The number of allylic oxidation sites excluding steroid dienone is 2. The first kappa shape index (κ1) is 28.7. The lowest BCUT2D eigenvalue weighted by molar-refractivity contribution is -0.154. The van der Waals surface area contributed by atoms with Gasteiger partial charge in [-0.1, -0.05) is 70.4 Å². The highest BCUT2D eigenvalue weighted by Gasteiger charge is 2.23. The highest BCUT2D eigenvalue weighted by molar-refractivity contribution is 5.76. The van der Waals surface area contributed by atoms with Gasteiger partial charge in [0, 0.05) is 13.5 Å². The number of hydrogen-bond acceptors (Lipinski definition) is 3. The van der Waals surface area contributed by atoms with Gasteiger partial charge in [-0.3, -0.25) is 9.59 Å². The van der Waals surface area contributed by atoms with Gasteiger partial charge in [-0.2, -0.15) is 0 Å². The quantitative estimate of drug-likeness (QED) is 0.134. The molecule has 0 atom stereocenters. The molecule has 0 fully saturated rings. The molecule has 0 aromatic heterocycles. The van der Waals surface area contributed by atoms with E-state index >= 15 is 0 Å². The largest absolute Gasteiger partial charge is 0.463 e. The van der Waals surface area contributed by atoms with Gasteiger partial charge in [0.15, 0.2) is 0 Å². The second-order valence-corrected chi connectivity index (χ2v) is 9.54. The molecule has 0 N–H and O–H groups in total. The van der Waals surface area contributed by atoms with E-state index in [1.165, 1.54) is 70.6 Å². The highest BCUT2D eigenvalue weighted by Crippen LogP contribution is 2.15. The Kier molecular flexibility index (Phi) is 17.6. The maximum Gasteiger partial charge on any atom is 0.311 e. The molecule has 0 rings (SSSR count). The second kappa shape index (κ2) is 18.4. The number of rotatable bonds is 18. The number of carbonyl (C=O) groups is 2. The molecular weight excluding hydrogens is 374 g/mol. The van der Waals surface area contributed by atoms with Gasteiger partial charge >= 0.3 is 5.97 Å². The first-order valence-electron chi connectivity index (χ1n) is 12.3. The summed E-state index contributed by atoms with van der Waals surface area (Å²) in [5, 5.41) is 0. The molecule has 4 heteroatoms. The monoisotopic (exact) mass is 423 g/mol. The minimum atomic E-state index is -0.494. The van der Waals surface area contributed by atoms with Crippen molar-refractivity contribution >= 4 is 11.9 Å². The molecule has 0 aliphatic rings. The van der Waals surface area contributed by atoms with Crippen LogP contribution in [0.4, 0.5) is 0 Å². The Morgan fingerprint density at radius 1 is 0.800 bits per heavy atom. The number of unbranched alkanes of at least 4 members (excludes halogenated alkanes) is 11. The SMILES string of the molecule is CCCCCCCCC=CCCCCCCCC(=O)N(C)CCOC(=O)C(C)(C)C. The highest BCUT2D eigenvalue weighted by atomic mass is 16.5. The van der Waals surface area contributed by atoms with Gasteiger partial charge < -0.3 is 9.64 Å². The summed E-state index contributed by atoms with van der Waals surface area (Å²) in [5.74, 6) is -0.0833. The lowest BCUT2D eigenvalue weighted by Gasteiger charge is -2.20. The molecule has 0 aliphatic carbocycles. The van der Waals surface area contributed by atoms with Crippen LogP contribution < -0.4 is 0 Å². The van der Waals surface area contributed by atoms with Crippen LogP contribution in [0.5, 0.6) is 0 Å². The average Bonchev–Trinajstić information content (AvgIpc) is 2.69. The second-order valence-electron chi connectivity index (χ2n) is 9.54. The normalized spacial score (nSPS) is 11.8. The fourth-order valence-corrected chi connectivity index (χ4v) is 3.15. The summed E-state index contributed by atoms with van der Waals surface area (Å²) in [6, 6.07) is 0. The molecule has 0 unspecified atom stereocenters. The summed E-state index contributed by atoms with van der Waals surface area (Å²) in [6.45, 7) is 8.49. The van der Waals surface area contributed by atoms with Crippen molar-refractivity contribution in [2.45, 2.75) is 118 Å². The number of likely N-dealkylation sites (N-methyl/N-ethyl adjacent to an activating group) is 1. The van der Waals surface area contributed by atoms with Gasteiger partial charge in [-0.25, -0.2) is 0 Å². The van der Waals surface area contributed by atoms with Crippen molar-refractivity contribution in [1.29, 1.82) is 0 Å². The van der Waals surface area contributed by atoms with Gasteiger partial charge in [-0.05, 0) is 52.9 Å². The average molecular weight is 424 g/mol. The molecule has 0 aliphatic heterocycles. The van der Waals surface area contributed by atoms with Crippen LogP contribution in [0.25, 0.3) is 0 Å². The fourth-order valence-electron chi connectivity index (χ4n) is 3.15. The third kappa shape index (κ3) is 17.5. The van der Waals surface area contributed by atoms with E-state index in [-0.39, 0.29) is 18.5 Å². The van der Waals surface area contributed by atoms with Crippen molar-refractivity contribution in [1.82, 2.24) is 4.90 Å². The summed E-state index contributed by atoms with van der Waals surface area (Å²) >= 11 is 0. The number of ether oxygens (including phenoxy) is 1. The minimum Gasteiger partial charge on any atom is -0.463 e. The topological polar surface area (TPSA) is 46.6 Å². The van der Waals surface area contributed by atoms with Crippen LogP contribution in [0.3, 0.4) is 0 Å². The van der Waals surface area contributed by atoms with E-state index in [4.69, 9.17) is 4.74 Å². The molecule has 30 heavy (non-hydrogen) atoms. The van der Waals surface area contributed by atoms with Crippen molar-refractivity contribution < 1.29 is 14.3 Å². The van der Waals surface area contributed by atoms with Crippen LogP contribution >= 0.6 is 0 Å². The van der Waals surface area contributed by atoms with Crippen LogP contribution in [-0.4, -0.2) is 37.0 Å². The predicted molar refractivity (Wildman–Crippen MR) is 128 cm³/mol. The molecule has 0 saturated heterocycles. The Balaban J connectivity index is 3.49. The van der Waals surface area contributed by atoms with E-state index in [2.05, 4.69) is 19.1 Å². The Morgan fingerprint density at radius 3 is 1.83 bits per heavy atom. The summed E-state index contributed by atoms with van der Waals surface area (Å²) < 4.78 is 5.22. The molecule has 0 heterocycles. The smallest absolute Gasteiger partial charge is 0.311 e. The number of carbonyl (C=O) groups excluding carboxylic acids is 2. The molecule has 176 valence electrons. The van der Waals surface area contributed by atoms with Gasteiger partial charge in [0.05, 0.1) is 12.0 Å². The molecular formula is C26H49NO3. The molecule has 0 saturated carbocycles. The van der Waals surface area contributed by atoms with Crippen molar-refractivity contribution in [3.63, 3.8) is 0 Å². The summed E-state index contributed by atoms with van der Waals surface area (Å²) in [6.07, 6.45) is 21.7. The van der Waals surface area contributed by atoms with Crippen LogP contribution in [0, 0.1) is 5.41 Å². The number of nitrogens with zero attached hydrogens (tertiary/aromatic N) is 1. The molecule has 0 radical (unpaired) electrons. The van der Waals surface area contributed by atoms with Gasteiger partial charge in [0.2, 0.25) is 5.91 Å². The maximum atomic E-state index is 12.1. The van der Waals surface area contributed by atoms with Crippen LogP contribution in [0.15, 0.2) is 12.2 Å². The van der Waals surface area contributed by atoms with E-state index in [1.54, 1.807) is 11.9 Å². The first-order valence-corrected chi connectivity index (χ1v) is 12.3. The Bertz CT molecular complexity index is 465. The van der Waals surface area contributed by atoms with E-state index in [9.17, 15) is 9.59 Å². The first-order chi connectivity index (χ1) is 14.3. The number of amides is 1. The van der Waals surface area contributed by atoms with Crippen molar-refractivity contribution in [3.8, 4) is 0 Å². The molecule has 0 spiro atoms. The molecule has 1 amide bonds. The zero-order valence-electron chi connectivity index (χ0n) is 20.6. The van der Waals surface area contributed by atoms with E-state index < -0.39 is 5.41 Å². The third-order valence-corrected chi connectivity index (χ3v) is 5.35. The van der Waals surface area contributed by atoms with Crippen LogP contribution in [0.1, 0.15) is 118 Å². The summed E-state index contributed by atoms with van der Waals surface area (Å²) in [7, 11) is 1.78. The lowest BCUT2D eigenvalue weighted by Crippen LogP contribution is -2.32. The van der Waals surface area contributed by atoms with E-state index in [0.717, 1.165) is 12.8 Å². The van der Waals surface area contributed by atoms with E-state index in [1.807, 2.05) is 20.8 Å². The van der Waals surface area contributed by atoms with Gasteiger partial charge in [-0.15, -0.1) is 0 Å². The van der Waals surface area contributed by atoms with Gasteiger partial charge in [0.25, 0.3) is 0 Å². The number of hydrogen-bond donors (Lipinski definition) is 0. The van der Waals surface area contributed by atoms with Crippen molar-refractivity contribution in [2.75, 3.05) is 20.2 Å². The minimum absolute atomic E-state index is 0.138. The molecule has 0 aromatic carbocycles. The maximum absolute atomic E-state index is 12.1. The van der Waals surface area contributed by atoms with E-state index in [0.29, 0.717) is 13.0 Å². The standard InChI is InChI=1S/C26H49NO3/c1-6-7-8-9-10-11-12-13-14-15-16-17-18-19-20-21-24(28)27(5)22-23-30-25(29)26(2,3)4/h13-14H,6-12,15-23H2,1-5H3. The molecule has 0 bridgehead atoms. The molecule has 0 aromatic rings. The Labute approximate surface area is 186 Å². The Hall–Kier alpha value is -1.32. The zero-order valence-corrected chi connectivity index (χ0v) is 20.6. The zero-order chi connectivity index (χ0) is 22.7. The lowest BCUT2D eigenvalue weighted by atomic mass is 9.97. The number of esters is 1.